The Labute approximate surface area is 99.9 Å². The third-order valence-corrected chi connectivity index (χ3v) is 2.31. The van der Waals surface area contributed by atoms with Gasteiger partial charge < -0.3 is 15.6 Å². The molecule has 0 fully saturated rings. The fourth-order valence-electron chi connectivity index (χ4n) is 1.67. The Morgan fingerprint density at radius 1 is 1.47 bits per heavy atom. The molecule has 0 aliphatic carbocycles. The van der Waals surface area contributed by atoms with E-state index in [4.69, 9.17) is 5.73 Å². The van der Waals surface area contributed by atoms with E-state index >= 15 is 0 Å². The lowest BCUT2D eigenvalue weighted by atomic mass is 10.3. The van der Waals surface area contributed by atoms with Crippen molar-refractivity contribution < 1.29 is 0 Å². The molecule has 2 heterocycles. The van der Waals surface area contributed by atoms with Gasteiger partial charge in [-0.25, -0.2) is 9.97 Å². The molecule has 2 aromatic heterocycles. The molecule has 0 aromatic carbocycles. The van der Waals surface area contributed by atoms with Crippen LogP contribution in [0.5, 0.6) is 0 Å². The van der Waals surface area contributed by atoms with Gasteiger partial charge in [-0.15, -0.1) is 0 Å². The van der Waals surface area contributed by atoms with E-state index in [1.807, 2.05) is 23.8 Å². The Morgan fingerprint density at radius 3 is 2.94 bits per heavy atom. The second-order valence-electron chi connectivity index (χ2n) is 4.06. The van der Waals surface area contributed by atoms with Crippen molar-refractivity contribution in [3.8, 4) is 0 Å². The molecule has 2 aromatic rings. The van der Waals surface area contributed by atoms with Crippen LogP contribution in [0.25, 0.3) is 0 Å². The predicted molar refractivity (Wildman–Crippen MR) is 66.5 cm³/mol. The number of nitrogen functional groups attached to an aromatic ring is 1. The molecule has 0 spiro atoms. The van der Waals surface area contributed by atoms with E-state index in [0.29, 0.717) is 5.95 Å². The monoisotopic (exact) mass is 232 g/mol. The quantitative estimate of drug-likeness (QED) is 0.823. The van der Waals surface area contributed by atoms with Gasteiger partial charge in [-0.2, -0.15) is 4.98 Å². The summed E-state index contributed by atoms with van der Waals surface area (Å²) in [6.07, 6.45) is 5.48. The zero-order valence-corrected chi connectivity index (χ0v) is 9.96. The Kier molecular flexibility index (Phi) is 3.22. The van der Waals surface area contributed by atoms with Gasteiger partial charge >= 0.3 is 0 Å². The number of aromatic nitrogens is 4. The van der Waals surface area contributed by atoms with Crippen LogP contribution in [0.15, 0.2) is 24.8 Å². The molecule has 0 radical (unpaired) electrons. The fourth-order valence-corrected chi connectivity index (χ4v) is 1.67. The van der Waals surface area contributed by atoms with Crippen LogP contribution in [0.1, 0.15) is 12.6 Å². The maximum Gasteiger partial charge on any atom is 0.222 e. The van der Waals surface area contributed by atoms with Crippen LogP contribution in [0.4, 0.5) is 11.8 Å². The van der Waals surface area contributed by atoms with Crippen LogP contribution >= 0.6 is 0 Å². The van der Waals surface area contributed by atoms with Gasteiger partial charge in [0, 0.05) is 36.7 Å². The second kappa shape index (κ2) is 4.82. The third kappa shape index (κ3) is 3.17. The summed E-state index contributed by atoms with van der Waals surface area (Å²) in [5, 5.41) is 3.28. The molecule has 6 heteroatoms. The zero-order chi connectivity index (χ0) is 12.3. The van der Waals surface area contributed by atoms with Crippen LogP contribution in [0.3, 0.4) is 0 Å². The second-order valence-corrected chi connectivity index (χ2v) is 4.06. The SMILES string of the molecule is Cc1cc(NC(C)Cn2ccnc2)nc(N)n1. The summed E-state index contributed by atoms with van der Waals surface area (Å²) in [5.41, 5.74) is 6.45. The van der Waals surface area contributed by atoms with Gasteiger partial charge in [0.2, 0.25) is 5.95 Å². The number of nitrogens with one attached hydrogen (secondary N) is 1. The minimum absolute atomic E-state index is 0.234. The molecule has 0 saturated carbocycles. The molecule has 1 atom stereocenters. The van der Waals surface area contributed by atoms with Crippen LogP contribution in [0.2, 0.25) is 0 Å². The highest BCUT2D eigenvalue weighted by Gasteiger charge is 2.05. The van der Waals surface area contributed by atoms with Gasteiger partial charge in [0.05, 0.1) is 6.33 Å². The van der Waals surface area contributed by atoms with Crippen molar-refractivity contribution in [1.29, 1.82) is 0 Å². The van der Waals surface area contributed by atoms with Crippen molar-refractivity contribution in [1.82, 2.24) is 19.5 Å². The zero-order valence-electron chi connectivity index (χ0n) is 9.96. The number of hydrogen-bond donors (Lipinski definition) is 2. The average molecular weight is 232 g/mol. The smallest absolute Gasteiger partial charge is 0.222 e. The maximum absolute atomic E-state index is 5.59. The largest absolute Gasteiger partial charge is 0.368 e. The van der Waals surface area contributed by atoms with Gasteiger partial charge in [-0.05, 0) is 13.8 Å². The van der Waals surface area contributed by atoms with Gasteiger partial charge in [-0.3, -0.25) is 0 Å². The minimum Gasteiger partial charge on any atom is -0.368 e. The highest BCUT2D eigenvalue weighted by Crippen LogP contribution is 2.09. The lowest BCUT2D eigenvalue weighted by Crippen LogP contribution is -2.22. The molecule has 6 nitrogen and oxygen atoms in total. The molecule has 0 saturated heterocycles. The van der Waals surface area contributed by atoms with Crippen LogP contribution in [0, 0.1) is 6.92 Å². The first-order valence-corrected chi connectivity index (χ1v) is 5.47. The third-order valence-electron chi connectivity index (χ3n) is 2.31. The van der Waals surface area contributed by atoms with E-state index in [-0.39, 0.29) is 6.04 Å². The Balaban J connectivity index is 2.00. The summed E-state index contributed by atoms with van der Waals surface area (Å²) in [5.74, 6) is 1.05. The summed E-state index contributed by atoms with van der Waals surface area (Å²) >= 11 is 0. The molecule has 0 amide bonds. The molecule has 90 valence electrons. The lowest BCUT2D eigenvalue weighted by Gasteiger charge is -2.15. The molecule has 2 rings (SSSR count). The predicted octanol–water partition coefficient (Wildman–Crippen LogP) is 1.06. The molecule has 0 bridgehead atoms. The fraction of sp³-hybridized carbons (Fsp3) is 0.364. The van der Waals surface area contributed by atoms with Crippen molar-refractivity contribution in [2.75, 3.05) is 11.1 Å². The number of nitrogens with two attached hydrogens (primary N) is 1. The van der Waals surface area contributed by atoms with E-state index in [2.05, 4.69) is 27.2 Å². The Hall–Kier alpha value is -2.11. The van der Waals surface area contributed by atoms with Crippen molar-refractivity contribution in [2.45, 2.75) is 26.4 Å². The number of nitrogens with zero attached hydrogens (tertiary/aromatic N) is 4. The first kappa shape index (κ1) is 11.4. The highest BCUT2D eigenvalue weighted by atomic mass is 15.1. The number of anilines is 2. The number of imidazole rings is 1. The van der Waals surface area contributed by atoms with Gasteiger partial charge in [0.15, 0.2) is 0 Å². The molecular formula is C11H16N6. The molecule has 0 aliphatic rings. The van der Waals surface area contributed by atoms with Gasteiger partial charge in [0.1, 0.15) is 5.82 Å². The topological polar surface area (TPSA) is 81.7 Å². The first-order chi connectivity index (χ1) is 8.13. The summed E-state index contributed by atoms with van der Waals surface area (Å²) in [4.78, 5) is 12.2. The van der Waals surface area contributed by atoms with Gasteiger partial charge in [-0.1, -0.05) is 0 Å². The average Bonchev–Trinajstić information content (AvgIpc) is 2.67. The van der Waals surface area contributed by atoms with E-state index in [1.54, 1.807) is 12.5 Å². The summed E-state index contributed by atoms with van der Waals surface area (Å²) in [7, 11) is 0. The van der Waals surface area contributed by atoms with Gasteiger partial charge in [0.25, 0.3) is 0 Å². The van der Waals surface area contributed by atoms with Crippen molar-refractivity contribution in [2.24, 2.45) is 0 Å². The number of hydrogen-bond acceptors (Lipinski definition) is 5. The molecule has 1 unspecified atom stereocenters. The maximum atomic E-state index is 5.59. The van der Waals surface area contributed by atoms with Crippen molar-refractivity contribution >= 4 is 11.8 Å². The molecule has 0 aliphatic heterocycles. The van der Waals surface area contributed by atoms with Crippen LogP contribution in [-0.4, -0.2) is 25.6 Å². The summed E-state index contributed by atoms with van der Waals surface area (Å²) in [6, 6.07) is 2.11. The minimum atomic E-state index is 0.234. The molecule has 3 N–H and O–H groups in total. The van der Waals surface area contributed by atoms with E-state index < -0.39 is 0 Å². The van der Waals surface area contributed by atoms with E-state index in [0.717, 1.165) is 18.1 Å². The van der Waals surface area contributed by atoms with Crippen molar-refractivity contribution in [3.63, 3.8) is 0 Å². The summed E-state index contributed by atoms with van der Waals surface area (Å²) < 4.78 is 2.01. The first-order valence-electron chi connectivity index (χ1n) is 5.47. The Bertz CT molecular complexity index is 458. The molecule has 17 heavy (non-hydrogen) atoms. The number of aryl methyl sites for hydroxylation is 1. The highest BCUT2D eigenvalue weighted by molar-refractivity contribution is 5.40. The van der Waals surface area contributed by atoms with E-state index in [1.165, 1.54) is 0 Å². The number of rotatable bonds is 4. The van der Waals surface area contributed by atoms with E-state index in [9.17, 15) is 0 Å². The lowest BCUT2D eigenvalue weighted by molar-refractivity contribution is 0.617. The Morgan fingerprint density at radius 2 is 2.29 bits per heavy atom. The molecular weight excluding hydrogens is 216 g/mol. The van der Waals surface area contributed by atoms with Crippen LogP contribution in [-0.2, 0) is 6.54 Å². The standard InChI is InChI=1S/C11H16N6/c1-8-5-10(16-11(12)15-8)14-9(2)6-17-4-3-13-7-17/h3-5,7,9H,6H2,1-2H3,(H3,12,14,15,16). The van der Waals surface area contributed by atoms with Crippen molar-refractivity contribution in [3.05, 3.63) is 30.5 Å². The van der Waals surface area contributed by atoms with Crippen LogP contribution < -0.4 is 11.1 Å². The summed E-state index contributed by atoms with van der Waals surface area (Å²) in [6.45, 7) is 4.79. The normalized spacial score (nSPS) is 12.4.